The van der Waals surface area contributed by atoms with Crippen LogP contribution in [0.4, 0.5) is 15.8 Å². The Morgan fingerprint density at radius 3 is 2.83 bits per heavy atom. The van der Waals surface area contributed by atoms with Crippen molar-refractivity contribution in [3.63, 3.8) is 0 Å². The van der Waals surface area contributed by atoms with Crippen molar-refractivity contribution in [2.24, 2.45) is 0 Å². The summed E-state index contributed by atoms with van der Waals surface area (Å²) in [6, 6.07) is 7.02. The van der Waals surface area contributed by atoms with Gasteiger partial charge < -0.3 is 14.7 Å². The number of fused-ring (bicyclic) bond motifs is 1. The number of benzene rings is 2. The molecule has 0 bridgehead atoms. The Morgan fingerprint density at radius 1 is 1.37 bits per heavy atom. The number of rotatable bonds is 6. The van der Waals surface area contributed by atoms with Gasteiger partial charge in [-0.2, -0.15) is 0 Å². The van der Waals surface area contributed by atoms with E-state index in [1.54, 1.807) is 24.3 Å². The highest BCUT2D eigenvalue weighted by Crippen LogP contribution is 2.40. The molecule has 0 aliphatic rings. The average molecular weight is 514 g/mol. The number of nitrogens with one attached hydrogen (secondary N) is 2. The second-order valence-electron chi connectivity index (χ2n) is 6.63. The number of hydrogen-bond donors (Lipinski definition) is 2. The fraction of sp³-hybridized carbons (Fsp3) is 0.158. The summed E-state index contributed by atoms with van der Waals surface area (Å²) >= 11 is 9.72. The topological polar surface area (TPSA) is 101 Å². The van der Waals surface area contributed by atoms with Crippen molar-refractivity contribution in [2.45, 2.75) is 11.9 Å². The lowest BCUT2D eigenvalue weighted by atomic mass is 10.0. The molecule has 156 valence electrons. The predicted molar refractivity (Wildman–Crippen MR) is 117 cm³/mol. The van der Waals surface area contributed by atoms with Crippen molar-refractivity contribution in [3.05, 3.63) is 58.2 Å². The van der Waals surface area contributed by atoms with Gasteiger partial charge >= 0.3 is 0 Å². The SMILES string of the molecule is CS(=O)(=O)C(F)Cc1c(Nc2ccc(Br)cc2Cl)c(-c2cnco2)cc2[nH]cnc12. The Hall–Kier alpha value is -2.43. The lowest BCUT2D eigenvalue weighted by Gasteiger charge is -2.18. The molecule has 0 radical (unpaired) electrons. The van der Waals surface area contributed by atoms with E-state index in [1.807, 2.05) is 0 Å². The molecule has 2 aromatic heterocycles. The van der Waals surface area contributed by atoms with Gasteiger partial charge in [0.2, 0.25) is 5.50 Å². The summed E-state index contributed by atoms with van der Waals surface area (Å²) in [7, 11) is -3.92. The van der Waals surface area contributed by atoms with E-state index in [0.717, 1.165) is 10.7 Å². The molecule has 0 fully saturated rings. The van der Waals surface area contributed by atoms with E-state index in [1.165, 1.54) is 18.9 Å². The Kier molecular flexibility index (Phi) is 5.56. The van der Waals surface area contributed by atoms with Gasteiger partial charge in [0.15, 0.2) is 22.0 Å². The van der Waals surface area contributed by atoms with E-state index in [2.05, 4.69) is 36.2 Å². The molecule has 2 heterocycles. The molecule has 0 spiro atoms. The molecular weight excluding hydrogens is 499 g/mol. The maximum Gasteiger partial charge on any atom is 0.204 e. The standard InChI is InChI=1S/C19H15BrClFN4O3S/c1-30(27,28)17(22)6-12-18(26-14-3-2-10(20)4-13(14)21)11(16-7-23-9-29-16)5-15-19(12)25-8-24-15/h2-5,7-9,17,26H,6H2,1H3,(H,24,25). The molecule has 4 aromatic rings. The number of aromatic amines is 1. The van der Waals surface area contributed by atoms with Gasteiger partial charge in [-0.3, -0.25) is 0 Å². The summed E-state index contributed by atoms with van der Waals surface area (Å²) in [5, 5.41) is 3.63. The van der Waals surface area contributed by atoms with E-state index in [9.17, 15) is 12.8 Å². The van der Waals surface area contributed by atoms with E-state index >= 15 is 0 Å². The van der Waals surface area contributed by atoms with E-state index in [4.69, 9.17) is 16.0 Å². The van der Waals surface area contributed by atoms with Crippen molar-refractivity contribution >= 4 is 59.8 Å². The number of sulfone groups is 1. The molecule has 2 aromatic carbocycles. The van der Waals surface area contributed by atoms with Crippen LogP contribution < -0.4 is 5.32 Å². The average Bonchev–Trinajstić information content (AvgIpc) is 3.35. The van der Waals surface area contributed by atoms with Crippen LogP contribution in [0.25, 0.3) is 22.4 Å². The molecule has 1 atom stereocenters. The lowest BCUT2D eigenvalue weighted by molar-refractivity contribution is 0.420. The summed E-state index contributed by atoms with van der Waals surface area (Å²) in [4.78, 5) is 11.2. The summed E-state index contributed by atoms with van der Waals surface area (Å²) in [5.41, 5.74) is 0.845. The van der Waals surface area contributed by atoms with Gasteiger partial charge in [0.25, 0.3) is 0 Å². The van der Waals surface area contributed by atoms with Gasteiger partial charge in [-0.15, -0.1) is 0 Å². The van der Waals surface area contributed by atoms with Crippen LogP contribution in [0.1, 0.15) is 5.56 Å². The fourth-order valence-corrected chi connectivity index (χ4v) is 4.26. The number of nitrogens with zero attached hydrogens (tertiary/aromatic N) is 2. The van der Waals surface area contributed by atoms with Gasteiger partial charge in [0, 0.05) is 28.3 Å². The van der Waals surface area contributed by atoms with Gasteiger partial charge in [0.05, 0.1) is 40.0 Å². The summed E-state index contributed by atoms with van der Waals surface area (Å²) in [6.07, 6.45) is 4.70. The number of H-pyrrole nitrogens is 1. The molecule has 0 aliphatic heterocycles. The van der Waals surface area contributed by atoms with Crippen molar-refractivity contribution in [1.82, 2.24) is 15.0 Å². The van der Waals surface area contributed by atoms with Crippen LogP contribution in [0, 0.1) is 0 Å². The molecule has 2 N–H and O–H groups in total. The third-order valence-corrected chi connectivity index (χ3v) is 6.43. The van der Waals surface area contributed by atoms with Gasteiger partial charge in [0.1, 0.15) is 0 Å². The summed E-state index contributed by atoms with van der Waals surface area (Å²) in [6.45, 7) is 0. The Balaban J connectivity index is 1.96. The van der Waals surface area contributed by atoms with Crippen LogP contribution >= 0.6 is 27.5 Å². The number of oxazole rings is 1. The zero-order valence-electron chi connectivity index (χ0n) is 15.5. The minimum atomic E-state index is -3.92. The van der Waals surface area contributed by atoms with Crippen molar-refractivity contribution in [2.75, 3.05) is 11.6 Å². The smallest absolute Gasteiger partial charge is 0.204 e. The molecule has 0 aliphatic carbocycles. The van der Waals surface area contributed by atoms with Crippen LogP contribution in [0.15, 0.2) is 52.1 Å². The summed E-state index contributed by atoms with van der Waals surface area (Å²) < 4.78 is 44.5. The van der Waals surface area contributed by atoms with Crippen LogP contribution in [0.3, 0.4) is 0 Å². The van der Waals surface area contributed by atoms with Gasteiger partial charge in [-0.05, 0) is 24.3 Å². The fourth-order valence-electron chi connectivity index (χ4n) is 3.07. The third-order valence-electron chi connectivity index (χ3n) is 4.53. The zero-order chi connectivity index (χ0) is 21.5. The van der Waals surface area contributed by atoms with Crippen molar-refractivity contribution in [3.8, 4) is 11.3 Å². The Bertz CT molecular complexity index is 1330. The molecule has 11 heteroatoms. The van der Waals surface area contributed by atoms with Crippen LogP contribution in [0.5, 0.6) is 0 Å². The number of anilines is 2. The lowest BCUT2D eigenvalue weighted by Crippen LogP contribution is -2.18. The minimum Gasteiger partial charge on any atom is -0.443 e. The monoisotopic (exact) mass is 512 g/mol. The van der Waals surface area contributed by atoms with Crippen LogP contribution in [-0.2, 0) is 16.3 Å². The molecule has 1 unspecified atom stereocenters. The van der Waals surface area contributed by atoms with Crippen molar-refractivity contribution < 1.29 is 17.2 Å². The maximum atomic E-state index is 14.6. The molecule has 0 saturated carbocycles. The van der Waals surface area contributed by atoms with Crippen molar-refractivity contribution in [1.29, 1.82) is 0 Å². The van der Waals surface area contributed by atoms with Gasteiger partial charge in [-0.1, -0.05) is 27.5 Å². The first-order valence-electron chi connectivity index (χ1n) is 8.67. The Morgan fingerprint density at radius 2 is 2.17 bits per heavy atom. The second kappa shape index (κ2) is 8.01. The number of imidazole rings is 1. The minimum absolute atomic E-state index is 0.372. The number of halogens is 3. The molecule has 0 saturated heterocycles. The van der Waals surface area contributed by atoms with Gasteiger partial charge in [-0.25, -0.2) is 22.8 Å². The highest BCUT2D eigenvalue weighted by Gasteiger charge is 2.26. The van der Waals surface area contributed by atoms with E-state index < -0.39 is 21.8 Å². The first-order valence-corrected chi connectivity index (χ1v) is 11.8. The van der Waals surface area contributed by atoms with E-state index in [-0.39, 0.29) is 0 Å². The molecule has 7 nitrogen and oxygen atoms in total. The Labute approximate surface area is 184 Å². The van der Waals surface area contributed by atoms with Crippen LogP contribution in [0.2, 0.25) is 5.02 Å². The zero-order valence-corrected chi connectivity index (χ0v) is 18.6. The maximum absolute atomic E-state index is 14.6. The first-order chi connectivity index (χ1) is 14.2. The molecular formula is C19H15BrClFN4O3S. The highest BCUT2D eigenvalue weighted by molar-refractivity contribution is 9.10. The number of alkyl halides is 1. The summed E-state index contributed by atoms with van der Waals surface area (Å²) in [5.74, 6) is 0.415. The highest BCUT2D eigenvalue weighted by atomic mass is 79.9. The molecule has 4 rings (SSSR count). The van der Waals surface area contributed by atoms with Crippen LogP contribution in [-0.4, -0.2) is 35.1 Å². The quantitative estimate of drug-likeness (QED) is 0.365. The molecule has 0 amide bonds. The molecule has 30 heavy (non-hydrogen) atoms. The number of hydrogen-bond acceptors (Lipinski definition) is 6. The number of aromatic nitrogens is 3. The third kappa shape index (κ3) is 4.07. The predicted octanol–water partition coefficient (Wildman–Crippen LogP) is 5.26. The largest absolute Gasteiger partial charge is 0.443 e. The van der Waals surface area contributed by atoms with E-state index in [0.29, 0.717) is 44.3 Å². The second-order valence-corrected chi connectivity index (χ2v) is 10.1. The normalized spacial score (nSPS) is 12.9. The first kappa shape index (κ1) is 20.8.